The van der Waals surface area contributed by atoms with Crippen LogP contribution in [-0.4, -0.2) is 93.4 Å². The molecule has 162 valence electrons. The second kappa shape index (κ2) is 12.1. The van der Waals surface area contributed by atoms with Gasteiger partial charge in [0.2, 0.25) is 5.91 Å². The highest BCUT2D eigenvalue weighted by atomic mass is 16.5. The molecule has 1 aliphatic heterocycles. The number of guanidine groups is 1. The molecule has 1 heterocycles. The molecule has 9 heteroatoms. The molecular weight excluding hydrogens is 374 g/mol. The maximum atomic E-state index is 11.9. The van der Waals surface area contributed by atoms with Gasteiger partial charge in [0.25, 0.3) is 0 Å². The van der Waals surface area contributed by atoms with E-state index < -0.39 is 0 Å². The lowest BCUT2D eigenvalue weighted by atomic mass is 10.2. The Morgan fingerprint density at radius 1 is 1.21 bits per heavy atom. The van der Waals surface area contributed by atoms with E-state index in [4.69, 9.17) is 14.5 Å². The SMILES string of the molecule is CCNC(=NCc1ccc(OC)c(O)c1)N1CCN(CC(=O)NCCOC)CC1. The molecule has 0 atom stereocenters. The summed E-state index contributed by atoms with van der Waals surface area (Å²) in [6.45, 7) is 7.91. The Bertz CT molecular complexity index is 675. The van der Waals surface area contributed by atoms with Gasteiger partial charge in [-0.1, -0.05) is 6.07 Å². The second-order valence-electron chi connectivity index (χ2n) is 6.78. The molecule has 0 aromatic heterocycles. The van der Waals surface area contributed by atoms with E-state index in [2.05, 4.69) is 20.4 Å². The van der Waals surface area contributed by atoms with Gasteiger partial charge in [0, 0.05) is 46.4 Å². The number of rotatable bonds is 9. The highest BCUT2D eigenvalue weighted by molar-refractivity contribution is 5.80. The number of phenols is 1. The van der Waals surface area contributed by atoms with Crippen LogP contribution in [0.1, 0.15) is 12.5 Å². The van der Waals surface area contributed by atoms with E-state index in [0.717, 1.165) is 44.2 Å². The van der Waals surface area contributed by atoms with Crippen LogP contribution in [0, 0.1) is 0 Å². The van der Waals surface area contributed by atoms with E-state index in [1.54, 1.807) is 19.2 Å². The summed E-state index contributed by atoms with van der Waals surface area (Å²) < 4.78 is 10.0. The first-order chi connectivity index (χ1) is 14.1. The summed E-state index contributed by atoms with van der Waals surface area (Å²) in [7, 11) is 3.14. The molecule has 9 nitrogen and oxygen atoms in total. The average molecular weight is 408 g/mol. The lowest BCUT2D eigenvalue weighted by Gasteiger charge is -2.36. The lowest BCUT2D eigenvalue weighted by Crippen LogP contribution is -2.54. The summed E-state index contributed by atoms with van der Waals surface area (Å²) in [4.78, 5) is 21.0. The van der Waals surface area contributed by atoms with Gasteiger partial charge in [-0.2, -0.15) is 0 Å². The fourth-order valence-corrected chi connectivity index (χ4v) is 3.10. The third-order valence-corrected chi connectivity index (χ3v) is 4.66. The second-order valence-corrected chi connectivity index (χ2v) is 6.78. The monoisotopic (exact) mass is 407 g/mol. The van der Waals surface area contributed by atoms with Gasteiger partial charge in [0.15, 0.2) is 17.5 Å². The maximum Gasteiger partial charge on any atom is 0.234 e. The van der Waals surface area contributed by atoms with Gasteiger partial charge in [0.1, 0.15) is 0 Å². The Morgan fingerprint density at radius 2 is 1.97 bits per heavy atom. The van der Waals surface area contributed by atoms with Crippen LogP contribution in [0.25, 0.3) is 0 Å². The molecule has 2 rings (SSSR count). The van der Waals surface area contributed by atoms with E-state index in [-0.39, 0.29) is 11.7 Å². The molecule has 1 amide bonds. The number of aliphatic imine (C=N–C) groups is 1. The molecule has 3 N–H and O–H groups in total. The Kier molecular flexibility index (Phi) is 9.52. The minimum atomic E-state index is 0.0235. The topological polar surface area (TPSA) is 98.7 Å². The van der Waals surface area contributed by atoms with Crippen LogP contribution in [0.2, 0.25) is 0 Å². The molecule has 29 heavy (non-hydrogen) atoms. The van der Waals surface area contributed by atoms with Crippen LogP contribution < -0.4 is 15.4 Å². The zero-order valence-electron chi connectivity index (χ0n) is 17.6. The third kappa shape index (κ3) is 7.43. The lowest BCUT2D eigenvalue weighted by molar-refractivity contribution is -0.122. The number of benzene rings is 1. The van der Waals surface area contributed by atoms with Crippen LogP contribution in [0.3, 0.4) is 0 Å². The first-order valence-corrected chi connectivity index (χ1v) is 9.94. The maximum absolute atomic E-state index is 11.9. The number of amides is 1. The molecule has 0 spiro atoms. The predicted molar refractivity (Wildman–Crippen MR) is 112 cm³/mol. The predicted octanol–water partition coefficient (Wildman–Crippen LogP) is 0.247. The Labute approximate surface area is 172 Å². The zero-order valence-corrected chi connectivity index (χ0v) is 17.6. The minimum absolute atomic E-state index is 0.0235. The molecule has 0 radical (unpaired) electrons. The number of carbonyl (C=O) groups is 1. The Hall–Kier alpha value is -2.52. The quantitative estimate of drug-likeness (QED) is 0.307. The highest BCUT2D eigenvalue weighted by Crippen LogP contribution is 2.26. The summed E-state index contributed by atoms with van der Waals surface area (Å²) in [5, 5.41) is 16.1. The fourth-order valence-electron chi connectivity index (χ4n) is 3.10. The summed E-state index contributed by atoms with van der Waals surface area (Å²) in [5.41, 5.74) is 0.907. The first-order valence-electron chi connectivity index (χ1n) is 9.94. The van der Waals surface area contributed by atoms with Crippen molar-refractivity contribution >= 4 is 11.9 Å². The number of piperazine rings is 1. The van der Waals surface area contributed by atoms with Crippen molar-refractivity contribution in [3.8, 4) is 11.5 Å². The summed E-state index contributed by atoms with van der Waals surface area (Å²) >= 11 is 0. The number of ether oxygens (including phenoxy) is 2. The van der Waals surface area contributed by atoms with Gasteiger partial charge >= 0.3 is 0 Å². The molecule has 1 aliphatic rings. The van der Waals surface area contributed by atoms with Gasteiger partial charge in [0.05, 0.1) is 26.8 Å². The molecule has 1 saturated heterocycles. The van der Waals surface area contributed by atoms with Crippen molar-refractivity contribution in [2.75, 3.05) is 66.6 Å². The van der Waals surface area contributed by atoms with Crippen LogP contribution in [0.4, 0.5) is 0 Å². The molecule has 1 aromatic carbocycles. The van der Waals surface area contributed by atoms with Crippen LogP contribution in [0.5, 0.6) is 11.5 Å². The van der Waals surface area contributed by atoms with Crippen molar-refractivity contribution in [3.63, 3.8) is 0 Å². The number of aromatic hydroxyl groups is 1. The first kappa shape index (κ1) is 22.8. The Morgan fingerprint density at radius 3 is 2.59 bits per heavy atom. The van der Waals surface area contributed by atoms with Crippen molar-refractivity contribution in [1.29, 1.82) is 0 Å². The van der Waals surface area contributed by atoms with Crippen molar-refractivity contribution in [2.24, 2.45) is 4.99 Å². The van der Waals surface area contributed by atoms with E-state index >= 15 is 0 Å². The largest absolute Gasteiger partial charge is 0.504 e. The van der Waals surface area contributed by atoms with Gasteiger partial charge in [-0.25, -0.2) is 4.99 Å². The molecule has 0 saturated carbocycles. The van der Waals surface area contributed by atoms with Crippen molar-refractivity contribution in [2.45, 2.75) is 13.5 Å². The standard InChI is InChI=1S/C20H33N5O4/c1-4-21-20(23-14-16-5-6-18(29-3)17(26)13-16)25-10-8-24(9-11-25)15-19(27)22-7-12-28-2/h5-6,13,26H,4,7-12,14-15H2,1-3H3,(H,21,23)(H,22,27). The number of methoxy groups -OCH3 is 2. The van der Waals surface area contributed by atoms with Gasteiger partial charge in [-0.3, -0.25) is 9.69 Å². The summed E-state index contributed by atoms with van der Waals surface area (Å²) in [5.74, 6) is 1.43. The highest BCUT2D eigenvalue weighted by Gasteiger charge is 2.21. The Balaban J connectivity index is 1.87. The number of phenolic OH excluding ortho intramolecular Hbond substituents is 1. The van der Waals surface area contributed by atoms with E-state index in [1.165, 1.54) is 7.11 Å². The van der Waals surface area contributed by atoms with Crippen LogP contribution >= 0.6 is 0 Å². The number of hydrogen-bond acceptors (Lipinski definition) is 6. The fraction of sp³-hybridized carbons (Fsp3) is 0.600. The third-order valence-electron chi connectivity index (χ3n) is 4.66. The summed E-state index contributed by atoms with van der Waals surface area (Å²) in [6, 6.07) is 5.31. The molecule has 0 aliphatic carbocycles. The van der Waals surface area contributed by atoms with E-state index in [1.807, 2.05) is 13.0 Å². The van der Waals surface area contributed by atoms with E-state index in [0.29, 0.717) is 32.0 Å². The smallest absolute Gasteiger partial charge is 0.234 e. The van der Waals surface area contributed by atoms with E-state index in [9.17, 15) is 9.90 Å². The molecule has 1 aromatic rings. The van der Waals surface area contributed by atoms with Crippen LogP contribution in [0.15, 0.2) is 23.2 Å². The van der Waals surface area contributed by atoms with Gasteiger partial charge < -0.3 is 30.1 Å². The minimum Gasteiger partial charge on any atom is -0.504 e. The van der Waals surface area contributed by atoms with Crippen LogP contribution in [-0.2, 0) is 16.1 Å². The number of nitrogens with one attached hydrogen (secondary N) is 2. The molecule has 0 bridgehead atoms. The van der Waals surface area contributed by atoms with Gasteiger partial charge in [-0.15, -0.1) is 0 Å². The van der Waals surface area contributed by atoms with Crippen molar-refractivity contribution in [1.82, 2.24) is 20.4 Å². The average Bonchev–Trinajstić information content (AvgIpc) is 2.72. The van der Waals surface area contributed by atoms with Gasteiger partial charge in [-0.05, 0) is 24.6 Å². The molecule has 1 fully saturated rings. The number of carbonyl (C=O) groups excluding carboxylic acids is 1. The van der Waals surface area contributed by atoms with Crippen molar-refractivity contribution < 1.29 is 19.4 Å². The zero-order chi connectivity index (χ0) is 21.1. The molecular formula is C20H33N5O4. The van der Waals surface area contributed by atoms with Crippen molar-refractivity contribution in [3.05, 3.63) is 23.8 Å². The normalized spacial score (nSPS) is 15.3. The molecule has 0 unspecified atom stereocenters. The number of nitrogens with zero attached hydrogens (tertiary/aromatic N) is 3. The summed E-state index contributed by atoms with van der Waals surface area (Å²) in [6.07, 6.45) is 0. The number of hydrogen-bond donors (Lipinski definition) is 3.